The Morgan fingerprint density at radius 2 is 1.76 bits per heavy atom. The summed E-state index contributed by atoms with van der Waals surface area (Å²) in [4.78, 5) is 15.9. The van der Waals surface area contributed by atoms with Gasteiger partial charge in [0.2, 0.25) is 0 Å². The molecule has 1 atom stereocenters. The Balaban J connectivity index is 1.38. The molecule has 1 amide bonds. The van der Waals surface area contributed by atoms with Gasteiger partial charge < -0.3 is 10.3 Å². The van der Waals surface area contributed by atoms with Crippen molar-refractivity contribution in [1.82, 2.24) is 10.3 Å². The van der Waals surface area contributed by atoms with E-state index in [4.69, 9.17) is 39.9 Å². The molecule has 5 rings (SSSR count). The number of nitrogens with one attached hydrogen (secondary N) is 2. The minimum Gasteiger partial charge on any atom is -0.351 e. The Morgan fingerprint density at radius 3 is 2.52 bits per heavy atom. The number of aromatic amines is 1. The van der Waals surface area contributed by atoms with E-state index in [9.17, 15) is 4.79 Å². The maximum Gasteiger partial charge on any atom is 0.268 e. The summed E-state index contributed by atoms with van der Waals surface area (Å²) in [5.74, 6) is -0.181. The Bertz CT molecular complexity index is 1330. The number of H-pyrrole nitrogens is 1. The highest BCUT2D eigenvalue weighted by Gasteiger charge is 2.30. The SMILES string of the molecule is O=C(NCC1=NN(c2ccc(Cl)cc2Cl)C(c2ccc(Cl)cc2)C1)c1cc2ccccc2[nH]1. The number of hydrogen-bond acceptors (Lipinski definition) is 3. The number of carbonyl (C=O) groups is 1. The van der Waals surface area contributed by atoms with Crippen molar-refractivity contribution < 1.29 is 4.79 Å². The maximum absolute atomic E-state index is 12.7. The standard InChI is InChI=1S/C25H19Cl3N4O/c26-17-7-5-15(6-8-17)24-13-19(31-32(24)23-10-9-18(27)12-20(23)28)14-29-25(33)22-11-16-3-1-2-4-21(16)30-22/h1-12,24,30H,13-14H2,(H,29,33). The summed E-state index contributed by atoms with van der Waals surface area (Å²) in [6.45, 7) is 0.319. The molecule has 166 valence electrons. The molecule has 33 heavy (non-hydrogen) atoms. The van der Waals surface area contributed by atoms with Gasteiger partial charge in [0.15, 0.2) is 0 Å². The number of aromatic nitrogens is 1. The fourth-order valence-electron chi connectivity index (χ4n) is 3.99. The molecule has 0 spiro atoms. The van der Waals surface area contributed by atoms with E-state index < -0.39 is 0 Å². The number of hydrazone groups is 1. The van der Waals surface area contributed by atoms with Gasteiger partial charge in [0.25, 0.3) is 5.91 Å². The Morgan fingerprint density at radius 1 is 1.00 bits per heavy atom. The molecule has 2 N–H and O–H groups in total. The van der Waals surface area contributed by atoms with Gasteiger partial charge >= 0.3 is 0 Å². The van der Waals surface area contributed by atoms with Gasteiger partial charge in [-0.3, -0.25) is 9.80 Å². The van der Waals surface area contributed by atoms with E-state index in [0.29, 0.717) is 33.7 Å². The molecule has 1 unspecified atom stereocenters. The quantitative estimate of drug-likeness (QED) is 0.316. The van der Waals surface area contributed by atoms with Crippen LogP contribution in [-0.2, 0) is 0 Å². The van der Waals surface area contributed by atoms with Crippen LogP contribution in [0.2, 0.25) is 15.1 Å². The van der Waals surface area contributed by atoms with Crippen LogP contribution < -0.4 is 10.3 Å². The monoisotopic (exact) mass is 496 g/mol. The third-order valence-electron chi connectivity index (χ3n) is 5.61. The van der Waals surface area contributed by atoms with E-state index in [-0.39, 0.29) is 11.9 Å². The molecule has 2 heterocycles. The zero-order valence-corrected chi connectivity index (χ0v) is 19.6. The fraction of sp³-hybridized carbons (Fsp3) is 0.120. The molecule has 4 aromatic rings. The summed E-state index contributed by atoms with van der Waals surface area (Å²) in [6, 6.07) is 22.5. The first kappa shape index (κ1) is 21.8. The Hall–Kier alpha value is -2.99. The summed E-state index contributed by atoms with van der Waals surface area (Å²) in [5.41, 5.74) is 4.07. The van der Waals surface area contributed by atoms with Crippen LogP contribution in [-0.4, -0.2) is 23.1 Å². The highest BCUT2D eigenvalue weighted by molar-refractivity contribution is 6.36. The van der Waals surface area contributed by atoms with Crippen molar-refractivity contribution in [3.63, 3.8) is 0 Å². The average Bonchev–Trinajstić information content (AvgIpc) is 3.42. The summed E-state index contributed by atoms with van der Waals surface area (Å²) in [5, 5.41) is 12.4. The van der Waals surface area contributed by atoms with Crippen molar-refractivity contribution >= 4 is 63.0 Å². The van der Waals surface area contributed by atoms with E-state index >= 15 is 0 Å². The van der Waals surface area contributed by atoms with Crippen LogP contribution in [0.15, 0.2) is 77.9 Å². The van der Waals surface area contributed by atoms with Crippen LogP contribution >= 0.6 is 34.8 Å². The number of nitrogens with zero attached hydrogens (tertiary/aromatic N) is 2. The van der Waals surface area contributed by atoms with E-state index in [1.165, 1.54) is 0 Å². The highest BCUT2D eigenvalue weighted by atomic mass is 35.5. The van der Waals surface area contributed by atoms with E-state index in [1.807, 2.05) is 65.7 Å². The molecule has 1 aliphatic rings. The lowest BCUT2D eigenvalue weighted by atomic mass is 10.0. The number of hydrogen-bond donors (Lipinski definition) is 2. The van der Waals surface area contributed by atoms with Crippen LogP contribution in [0.5, 0.6) is 0 Å². The predicted octanol–water partition coefficient (Wildman–Crippen LogP) is 6.87. The molecule has 3 aromatic carbocycles. The second-order valence-electron chi connectivity index (χ2n) is 7.83. The van der Waals surface area contributed by atoms with Crippen molar-refractivity contribution in [2.75, 3.05) is 11.6 Å². The molecule has 0 radical (unpaired) electrons. The normalized spacial score (nSPS) is 15.7. The van der Waals surface area contributed by atoms with Crippen LogP contribution in [0.1, 0.15) is 28.5 Å². The Kier molecular flexibility index (Phi) is 6.02. The summed E-state index contributed by atoms with van der Waals surface area (Å²) in [6.07, 6.45) is 0.633. The molecule has 0 fully saturated rings. The van der Waals surface area contributed by atoms with Crippen molar-refractivity contribution in [1.29, 1.82) is 0 Å². The molecule has 5 nitrogen and oxygen atoms in total. The van der Waals surface area contributed by atoms with Gasteiger partial charge in [-0.25, -0.2) is 0 Å². The van der Waals surface area contributed by atoms with E-state index in [1.54, 1.807) is 12.1 Å². The van der Waals surface area contributed by atoms with Gasteiger partial charge in [0.1, 0.15) is 5.69 Å². The smallest absolute Gasteiger partial charge is 0.268 e. The number of benzene rings is 3. The van der Waals surface area contributed by atoms with Crippen molar-refractivity contribution in [3.05, 3.63) is 99.1 Å². The molecular weight excluding hydrogens is 479 g/mol. The number of fused-ring (bicyclic) bond motifs is 1. The summed E-state index contributed by atoms with van der Waals surface area (Å²) < 4.78 is 0. The first-order valence-corrected chi connectivity index (χ1v) is 11.5. The van der Waals surface area contributed by atoms with E-state index in [0.717, 1.165) is 27.9 Å². The predicted molar refractivity (Wildman–Crippen MR) is 136 cm³/mol. The third kappa shape index (κ3) is 4.58. The van der Waals surface area contributed by atoms with Crippen LogP contribution in [0.25, 0.3) is 10.9 Å². The molecule has 1 aliphatic heterocycles. The molecule has 8 heteroatoms. The summed E-state index contributed by atoms with van der Waals surface area (Å²) in [7, 11) is 0. The molecule has 0 aliphatic carbocycles. The number of amides is 1. The Labute approximate surface area is 206 Å². The lowest BCUT2D eigenvalue weighted by Gasteiger charge is -2.25. The van der Waals surface area contributed by atoms with Gasteiger partial charge in [0.05, 0.1) is 29.0 Å². The van der Waals surface area contributed by atoms with Gasteiger partial charge in [0, 0.05) is 27.4 Å². The lowest BCUT2D eigenvalue weighted by molar-refractivity contribution is 0.0955. The van der Waals surface area contributed by atoms with Crippen LogP contribution in [0.3, 0.4) is 0 Å². The van der Waals surface area contributed by atoms with Crippen LogP contribution in [0, 0.1) is 0 Å². The van der Waals surface area contributed by atoms with E-state index in [2.05, 4.69) is 10.3 Å². The van der Waals surface area contributed by atoms with Crippen molar-refractivity contribution in [2.24, 2.45) is 5.10 Å². The molecular formula is C25H19Cl3N4O. The number of para-hydroxylation sites is 1. The number of rotatable bonds is 5. The maximum atomic E-state index is 12.7. The minimum absolute atomic E-state index is 0.0825. The largest absolute Gasteiger partial charge is 0.351 e. The van der Waals surface area contributed by atoms with Gasteiger partial charge in [-0.2, -0.15) is 5.10 Å². The second kappa shape index (κ2) is 9.10. The molecule has 0 saturated heterocycles. The highest BCUT2D eigenvalue weighted by Crippen LogP contribution is 2.39. The second-order valence-corrected chi connectivity index (χ2v) is 9.11. The van der Waals surface area contributed by atoms with Crippen LogP contribution in [0.4, 0.5) is 5.69 Å². The summed E-state index contributed by atoms with van der Waals surface area (Å²) >= 11 is 18.7. The first-order valence-electron chi connectivity index (χ1n) is 10.4. The number of anilines is 1. The average molecular weight is 498 g/mol. The zero-order chi connectivity index (χ0) is 22.9. The van der Waals surface area contributed by atoms with Crippen molar-refractivity contribution in [3.8, 4) is 0 Å². The minimum atomic E-state index is -0.181. The third-order valence-corrected chi connectivity index (χ3v) is 6.40. The number of halogens is 3. The topological polar surface area (TPSA) is 60.5 Å². The molecule has 1 aromatic heterocycles. The van der Waals surface area contributed by atoms with Crippen molar-refractivity contribution in [2.45, 2.75) is 12.5 Å². The van der Waals surface area contributed by atoms with Gasteiger partial charge in [-0.05, 0) is 48.0 Å². The fourth-order valence-corrected chi connectivity index (χ4v) is 4.61. The molecule has 0 saturated carbocycles. The first-order chi connectivity index (χ1) is 16.0. The zero-order valence-electron chi connectivity index (χ0n) is 17.4. The lowest BCUT2D eigenvalue weighted by Crippen LogP contribution is -2.29. The van der Waals surface area contributed by atoms with Gasteiger partial charge in [-0.1, -0.05) is 65.1 Å². The number of carbonyl (C=O) groups excluding carboxylic acids is 1. The molecule has 0 bridgehead atoms. The van der Waals surface area contributed by atoms with Gasteiger partial charge in [-0.15, -0.1) is 0 Å².